The Morgan fingerprint density at radius 1 is 1.16 bits per heavy atom. The van der Waals surface area contributed by atoms with Gasteiger partial charge >= 0.3 is 0 Å². The summed E-state index contributed by atoms with van der Waals surface area (Å²) in [4.78, 5) is 23.8. The molecule has 4 aromatic rings. The number of aromatic nitrogens is 5. The Kier molecular flexibility index (Phi) is 4.74. The van der Waals surface area contributed by atoms with Crippen LogP contribution >= 0.6 is 0 Å². The average molecular weight is 414 g/mol. The van der Waals surface area contributed by atoms with Crippen molar-refractivity contribution in [3.05, 3.63) is 72.4 Å². The number of pyridine rings is 1. The number of methoxy groups -OCH3 is 1. The molecule has 0 aliphatic carbocycles. The van der Waals surface area contributed by atoms with Crippen LogP contribution in [-0.4, -0.2) is 49.2 Å². The molecular weight excluding hydrogens is 392 g/mol. The van der Waals surface area contributed by atoms with Gasteiger partial charge in [0.05, 0.1) is 30.7 Å². The number of nitrogens with zero attached hydrogens (tertiary/aromatic N) is 5. The molecule has 8 heteroatoms. The number of imidazole rings is 1. The van der Waals surface area contributed by atoms with E-state index in [0.717, 1.165) is 22.6 Å². The molecule has 0 spiro atoms. The number of hydrogen-bond acceptors (Lipinski definition) is 5. The summed E-state index contributed by atoms with van der Waals surface area (Å²) in [7, 11) is 1.62. The number of hydrogen-bond donors (Lipinski definition) is 1. The Labute approximate surface area is 179 Å². The summed E-state index contributed by atoms with van der Waals surface area (Å²) in [6, 6.07) is 13.2. The molecular formula is C23H22N6O2. The van der Waals surface area contributed by atoms with E-state index < -0.39 is 0 Å². The zero-order valence-electron chi connectivity index (χ0n) is 17.3. The van der Waals surface area contributed by atoms with Crippen molar-refractivity contribution in [3.8, 4) is 28.4 Å². The van der Waals surface area contributed by atoms with Gasteiger partial charge in [0.1, 0.15) is 17.3 Å². The summed E-state index contributed by atoms with van der Waals surface area (Å²) >= 11 is 0. The zero-order valence-corrected chi connectivity index (χ0v) is 17.3. The van der Waals surface area contributed by atoms with Crippen LogP contribution in [0.1, 0.15) is 29.1 Å². The third-order valence-electron chi connectivity index (χ3n) is 5.74. The van der Waals surface area contributed by atoms with Crippen molar-refractivity contribution < 1.29 is 9.53 Å². The number of benzene rings is 1. The lowest BCUT2D eigenvalue weighted by atomic mass is 10.1. The van der Waals surface area contributed by atoms with E-state index in [0.29, 0.717) is 30.2 Å². The van der Waals surface area contributed by atoms with Crippen LogP contribution in [-0.2, 0) is 6.54 Å². The monoisotopic (exact) mass is 414 g/mol. The van der Waals surface area contributed by atoms with Gasteiger partial charge in [-0.1, -0.05) is 12.1 Å². The topological polar surface area (TPSA) is 88.9 Å². The number of aromatic amines is 1. The van der Waals surface area contributed by atoms with Gasteiger partial charge in [-0.15, -0.1) is 0 Å². The van der Waals surface area contributed by atoms with Gasteiger partial charge in [-0.2, -0.15) is 5.10 Å². The van der Waals surface area contributed by atoms with E-state index in [1.165, 1.54) is 0 Å². The fourth-order valence-corrected chi connectivity index (χ4v) is 4.11. The molecule has 3 aromatic heterocycles. The minimum Gasteiger partial charge on any atom is -0.496 e. The lowest BCUT2D eigenvalue weighted by Gasteiger charge is -2.34. The number of ether oxygens (including phenoxy) is 1. The molecule has 1 atom stereocenters. The highest BCUT2D eigenvalue weighted by molar-refractivity contribution is 5.94. The van der Waals surface area contributed by atoms with Crippen LogP contribution < -0.4 is 4.74 Å². The van der Waals surface area contributed by atoms with E-state index >= 15 is 0 Å². The van der Waals surface area contributed by atoms with Gasteiger partial charge in [-0.25, -0.2) is 4.98 Å². The molecule has 0 bridgehead atoms. The highest BCUT2D eigenvalue weighted by Gasteiger charge is 2.31. The molecule has 0 fully saturated rings. The van der Waals surface area contributed by atoms with Crippen molar-refractivity contribution in [3.63, 3.8) is 0 Å². The molecule has 5 rings (SSSR count). The number of para-hydroxylation sites is 1. The normalized spacial score (nSPS) is 15.5. The maximum atomic E-state index is 13.3. The Balaban J connectivity index is 1.41. The van der Waals surface area contributed by atoms with Crippen LogP contribution in [0, 0.1) is 0 Å². The second-order valence-electron chi connectivity index (χ2n) is 7.44. The molecule has 4 heterocycles. The SMILES string of the molecule is COc1ccccc1-c1cc(C(=O)N2CCn3c(cnc3-c3ccncc3)C2C)[nH]n1. The summed E-state index contributed by atoms with van der Waals surface area (Å²) < 4.78 is 7.60. The Bertz CT molecular complexity index is 1230. The smallest absolute Gasteiger partial charge is 0.272 e. The predicted molar refractivity (Wildman–Crippen MR) is 115 cm³/mol. The summed E-state index contributed by atoms with van der Waals surface area (Å²) in [5.74, 6) is 1.53. The molecule has 1 N–H and O–H groups in total. The molecule has 0 saturated carbocycles. The van der Waals surface area contributed by atoms with Gasteiger partial charge in [-0.3, -0.25) is 14.9 Å². The van der Waals surface area contributed by atoms with Gasteiger partial charge in [-0.05, 0) is 37.3 Å². The van der Waals surface area contributed by atoms with Crippen LogP contribution in [0.4, 0.5) is 0 Å². The fourth-order valence-electron chi connectivity index (χ4n) is 4.11. The molecule has 1 unspecified atom stereocenters. The van der Waals surface area contributed by atoms with Crippen molar-refractivity contribution in [2.75, 3.05) is 13.7 Å². The molecule has 1 amide bonds. The van der Waals surface area contributed by atoms with Crippen molar-refractivity contribution >= 4 is 5.91 Å². The summed E-state index contributed by atoms with van der Waals surface area (Å²) in [6.07, 6.45) is 5.38. The third-order valence-corrected chi connectivity index (χ3v) is 5.74. The van der Waals surface area contributed by atoms with Crippen LogP contribution in [0.3, 0.4) is 0 Å². The van der Waals surface area contributed by atoms with Gasteiger partial charge in [0.2, 0.25) is 0 Å². The molecule has 31 heavy (non-hydrogen) atoms. The van der Waals surface area contributed by atoms with Gasteiger partial charge in [0.15, 0.2) is 0 Å². The molecule has 0 saturated heterocycles. The van der Waals surface area contributed by atoms with Crippen molar-refractivity contribution in [2.24, 2.45) is 0 Å². The first-order valence-corrected chi connectivity index (χ1v) is 10.1. The van der Waals surface area contributed by atoms with Crippen LogP contribution in [0.5, 0.6) is 5.75 Å². The lowest BCUT2D eigenvalue weighted by Crippen LogP contribution is -2.41. The molecule has 156 valence electrons. The van der Waals surface area contributed by atoms with E-state index in [1.807, 2.05) is 54.4 Å². The standard InChI is InChI=1S/C23H22N6O2/c1-15-20-14-25-22(16-7-9-24-10-8-16)29(20)12-11-28(15)23(30)19-13-18(26-27-19)17-5-3-4-6-21(17)31-2/h3-10,13-15H,11-12H2,1-2H3,(H,26,27). The quantitative estimate of drug-likeness (QED) is 0.552. The minimum absolute atomic E-state index is 0.0842. The lowest BCUT2D eigenvalue weighted by molar-refractivity contribution is 0.0638. The maximum absolute atomic E-state index is 13.3. The van der Waals surface area contributed by atoms with Crippen LogP contribution in [0.2, 0.25) is 0 Å². The largest absolute Gasteiger partial charge is 0.496 e. The average Bonchev–Trinajstić information content (AvgIpc) is 3.47. The Morgan fingerprint density at radius 3 is 2.77 bits per heavy atom. The number of fused-ring (bicyclic) bond motifs is 1. The number of carbonyl (C=O) groups excluding carboxylic acids is 1. The molecule has 1 aliphatic heterocycles. The Morgan fingerprint density at radius 2 is 1.97 bits per heavy atom. The van der Waals surface area contributed by atoms with E-state index in [2.05, 4.69) is 24.7 Å². The van der Waals surface area contributed by atoms with E-state index in [1.54, 1.807) is 25.6 Å². The van der Waals surface area contributed by atoms with Crippen molar-refractivity contribution in [1.29, 1.82) is 0 Å². The molecule has 1 aromatic carbocycles. The van der Waals surface area contributed by atoms with Crippen molar-refractivity contribution in [1.82, 2.24) is 29.6 Å². The second-order valence-corrected chi connectivity index (χ2v) is 7.44. The maximum Gasteiger partial charge on any atom is 0.272 e. The Hall–Kier alpha value is -3.94. The zero-order chi connectivity index (χ0) is 21.4. The summed E-state index contributed by atoms with van der Waals surface area (Å²) in [5.41, 5.74) is 4.00. The summed E-state index contributed by atoms with van der Waals surface area (Å²) in [6.45, 7) is 3.29. The van der Waals surface area contributed by atoms with Crippen LogP contribution in [0.25, 0.3) is 22.6 Å². The van der Waals surface area contributed by atoms with Crippen molar-refractivity contribution in [2.45, 2.75) is 19.5 Å². The number of H-pyrrole nitrogens is 1. The number of nitrogens with one attached hydrogen (secondary N) is 1. The summed E-state index contributed by atoms with van der Waals surface area (Å²) in [5, 5.41) is 7.25. The third kappa shape index (κ3) is 3.26. The first kappa shape index (κ1) is 19.0. The van der Waals surface area contributed by atoms with E-state index in [-0.39, 0.29) is 11.9 Å². The molecule has 8 nitrogen and oxygen atoms in total. The first-order chi connectivity index (χ1) is 15.2. The van der Waals surface area contributed by atoms with Gasteiger partial charge in [0, 0.05) is 36.6 Å². The van der Waals surface area contributed by atoms with E-state index in [9.17, 15) is 4.79 Å². The number of rotatable bonds is 4. The predicted octanol–water partition coefficient (Wildman–Crippen LogP) is 3.56. The second kappa shape index (κ2) is 7.71. The minimum atomic E-state index is -0.109. The molecule has 0 radical (unpaired) electrons. The van der Waals surface area contributed by atoms with Gasteiger partial charge < -0.3 is 14.2 Å². The number of carbonyl (C=O) groups is 1. The molecule has 1 aliphatic rings. The fraction of sp³-hybridized carbons (Fsp3) is 0.217. The highest BCUT2D eigenvalue weighted by Crippen LogP contribution is 2.32. The first-order valence-electron chi connectivity index (χ1n) is 10.1. The highest BCUT2D eigenvalue weighted by atomic mass is 16.5. The number of amides is 1. The van der Waals surface area contributed by atoms with Gasteiger partial charge in [0.25, 0.3) is 5.91 Å². The van der Waals surface area contributed by atoms with Crippen LogP contribution in [0.15, 0.2) is 61.1 Å². The van der Waals surface area contributed by atoms with E-state index in [4.69, 9.17) is 4.74 Å².